The van der Waals surface area contributed by atoms with Crippen molar-refractivity contribution in [3.8, 4) is 0 Å². The van der Waals surface area contributed by atoms with E-state index in [2.05, 4.69) is 68.6 Å². The average molecular weight is 744 g/mol. The van der Waals surface area contributed by atoms with Crippen LogP contribution < -0.4 is 30.1 Å². The van der Waals surface area contributed by atoms with Crippen molar-refractivity contribution < 1.29 is 170 Å². The number of fused-ring (bicyclic) bond motifs is 6. The van der Waals surface area contributed by atoms with Crippen LogP contribution in [-0.4, -0.2) is 87.9 Å². The molecule has 0 N–H and O–H groups in total. The van der Waals surface area contributed by atoms with Crippen LogP contribution >= 0.6 is 0 Å². The van der Waals surface area contributed by atoms with Crippen molar-refractivity contribution in [1.82, 2.24) is 0 Å². The summed E-state index contributed by atoms with van der Waals surface area (Å²) in [6, 6.07) is 0. The number of hydrogen-bond acceptors (Lipinski definition) is 21. The van der Waals surface area contributed by atoms with E-state index in [-0.39, 0.29) is 71.2 Å². The van der Waals surface area contributed by atoms with Crippen molar-refractivity contribution in [2.75, 3.05) is 0 Å². The summed E-state index contributed by atoms with van der Waals surface area (Å²) in [6.07, 6.45) is 0. The molecule has 0 aromatic heterocycles. The van der Waals surface area contributed by atoms with Gasteiger partial charge in [-0.05, 0) is 0 Å². The molecule has 6 rings (SSSR count). The maximum absolute atomic E-state index is 10.5. The topological polar surface area (TPSA) is 277 Å². The number of rotatable bonds is 0. The molecule has 35 heteroatoms. The Morgan fingerprint density at radius 2 is 0.343 bits per heavy atom. The first-order valence-electron chi connectivity index (χ1n) is 8.49. The van der Waals surface area contributed by atoms with Crippen LogP contribution in [0.1, 0.15) is 0 Å². The molecule has 168 valence electrons. The predicted octanol–water partition coefficient (Wildman–Crippen LogP) is -12.7. The van der Waals surface area contributed by atoms with E-state index in [1.807, 2.05) is 0 Å². The maximum Gasteiger partial charge on any atom is 3.00 e. The van der Waals surface area contributed by atoms with E-state index in [0.717, 1.165) is 0 Å². The van der Waals surface area contributed by atoms with Gasteiger partial charge in [-0.2, -0.15) is 0 Å². The van der Waals surface area contributed by atoms with Crippen molar-refractivity contribution in [1.29, 1.82) is 0 Å². The maximum atomic E-state index is 10.5. The summed E-state index contributed by atoms with van der Waals surface area (Å²) < 4.78 is 65.6. The van der Waals surface area contributed by atoms with Crippen LogP contribution in [0.2, 0.25) is 0 Å². The molecular weight excluding hydrogens is 744 g/mol. The standard InChI is InChI=1S/3B4O7.2La/c3*5-1-7-3-9-2(6)10-4(8-1)11-3;;/q3*-2;2*+3. The van der Waals surface area contributed by atoms with Gasteiger partial charge in [-0.15, -0.1) is 0 Å². The van der Waals surface area contributed by atoms with Gasteiger partial charge in [0.2, 0.25) is 0 Å². The van der Waals surface area contributed by atoms with Gasteiger partial charge in [-0.3, -0.25) is 0 Å². The fourth-order valence-corrected chi connectivity index (χ4v) is 2.13. The average Bonchev–Trinajstić information content (AvgIpc) is 2.65. The van der Waals surface area contributed by atoms with Crippen LogP contribution in [0.4, 0.5) is 0 Å². The first kappa shape index (κ1) is 33.5. The summed E-state index contributed by atoms with van der Waals surface area (Å²) in [7, 11) is -18.0. The summed E-state index contributed by atoms with van der Waals surface area (Å²) >= 11 is 0. The minimum Gasteiger partial charge on any atom is -0.833 e. The zero-order chi connectivity index (χ0) is 23.5. The Morgan fingerprint density at radius 1 is 0.229 bits per heavy atom. The van der Waals surface area contributed by atoms with Gasteiger partial charge < -0.3 is 98.7 Å². The van der Waals surface area contributed by atoms with Crippen LogP contribution in [-0.2, 0) is 68.6 Å². The van der Waals surface area contributed by atoms with Gasteiger partial charge in [0.1, 0.15) is 0 Å². The fraction of sp³-hybridized carbons (Fsp3) is 0. The summed E-state index contributed by atoms with van der Waals surface area (Å²) in [5.74, 6) is 0. The molecule has 35 heavy (non-hydrogen) atoms. The number of hydrogen-bond donors (Lipinski definition) is 0. The van der Waals surface area contributed by atoms with E-state index in [9.17, 15) is 30.1 Å². The molecule has 6 aliphatic rings. The van der Waals surface area contributed by atoms with Crippen LogP contribution in [0.25, 0.3) is 0 Å². The molecule has 0 unspecified atom stereocenters. The van der Waals surface area contributed by atoms with Crippen molar-refractivity contribution in [3.05, 3.63) is 0 Å². The summed E-state index contributed by atoms with van der Waals surface area (Å²) in [4.78, 5) is 0. The third-order valence-corrected chi connectivity index (χ3v) is 3.33. The Bertz CT molecular complexity index is 439. The molecule has 0 spiro atoms. The molecule has 21 nitrogen and oxygen atoms in total. The molecule has 6 saturated heterocycles. The minimum atomic E-state index is -1.73. The summed E-state index contributed by atoms with van der Waals surface area (Å²) in [5.41, 5.74) is 0. The van der Waals surface area contributed by atoms with E-state index in [0.29, 0.717) is 0 Å². The van der Waals surface area contributed by atoms with Gasteiger partial charge in [0.25, 0.3) is 0 Å². The molecule has 0 aliphatic carbocycles. The van der Waals surface area contributed by atoms with Gasteiger partial charge in [-0.25, -0.2) is 0 Å². The second-order valence-corrected chi connectivity index (χ2v) is 5.51. The van der Waals surface area contributed by atoms with Crippen molar-refractivity contribution in [3.63, 3.8) is 0 Å². The zero-order valence-corrected chi connectivity index (χ0v) is 23.9. The van der Waals surface area contributed by atoms with Crippen LogP contribution in [0.3, 0.4) is 0 Å². The Kier molecular flexibility index (Phi) is 15.3. The second-order valence-electron chi connectivity index (χ2n) is 5.51. The smallest absolute Gasteiger partial charge is 0.833 e. The van der Waals surface area contributed by atoms with E-state index >= 15 is 0 Å². The molecule has 6 heterocycles. The van der Waals surface area contributed by atoms with Crippen LogP contribution in [0.15, 0.2) is 0 Å². The van der Waals surface area contributed by atoms with Crippen LogP contribution in [0.5, 0.6) is 0 Å². The van der Waals surface area contributed by atoms with Crippen molar-refractivity contribution >= 4 is 87.9 Å². The van der Waals surface area contributed by atoms with E-state index in [1.165, 1.54) is 0 Å². The molecule has 6 fully saturated rings. The largest absolute Gasteiger partial charge is 3.00 e. The molecule has 0 saturated carbocycles. The molecule has 0 amide bonds. The molecular formula is B12La2O21. The monoisotopic (exact) mass is 746 g/mol. The van der Waals surface area contributed by atoms with Gasteiger partial charge in [-0.1, -0.05) is 0 Å². The van der Waals surface area contributed by atoms with Crippen molar-refractivity contribution in [2.45, 2.75) is 0 Å². The van der Waals surface area contributed by atoms with Crippen molar-refractivity contribution in [2.24, 2.45) is 0 Å². The normalized spacial score (nSPS) is 23.1. The third kappa shape index (κ3) is 11.0. The second kappa shape index (κ2) is 15.9. The van der Waals surface area contributed by atoms with E-state index < -0.39 is 87.9 Å². The van der Waals surface area contributed by atoms with Crippen LogP contribution in [0, 0.1) is 71.2 Å². The van der Waals surface area contributed by atoms with E-state index in [1.54, 1.807) is 0 Å². The SMILES string of the molecule is [La+3].[La+3].[O-]B1OB2OB([O-])OB(O1)O2.[O-]B1OB2OB([O-])OB(O1)O2.[O-]B1OB2OB([O-])OB(O1)O2. The van der Waals surface area contributed by atoms with Gasteiger partial charge in [0, 0.05) is 0 Å². The minimum absolute atomic E-state index is 0. The van der Waals surface area contributed by atoms with Gasteiger partial charge in [0.15, 0.2) is 0 Å². The zero-order valence-electron chi connectivity index (χ0n) is 16.7. The summed E-state index contributed by atoms with van der Waals surface area (Å²) in [6.45, 7) is 0. The third-order valence-electron chi connectivity index (χ3n) is 3.33. The molecule has 0 radical (unpaired) electrons. The van der Waals surface area contributed by atoms with E-state index in [4.69, 9.17) is 0 Å². The Balaban J connectivity index is 0.000000180. The van der Waals surface area contributed by atoms with Gasteiger partial charge >= 0.3 is 159 Å². The Labute approximate surface area is 255 Å². The van der Waals surface area contributed by atoms with Gasteiger partial charge in [0.05, 0.1) is 0 Å². The first-order valence-corrected chi connectivity index (χ1v) is 8.49. The first-order chi connectivity index (χ1) is 15.7. The molecule has 0 aromatic rings. The molecule has 0 atom stereocenters. The summed E-state index contributed by atoms with van der Waals surface area (Å²) in [5, 5.41) is 62.9. The quantitative estimate of drug-likeness (QED) is 0.208. The Morgan fingerprint density at radius 3 is 0.457 bits per heavy atom. The fourth-order valence-electron chi connectivity index (χ4n) is 2.13. The predicted molar refractivity (Wildman–Crippen MR) is 85.3 cm³/mol. The molecule has 0 aromatic carbocycles. The molecule has 6 bridgehead atoms. The Hall–Kier alpha value is 2.33. The molecule has 6 aliphatic heterocycles.